The molecule has 0 atom stereocenters. The third-order valence-electron chi connectivity index (χ3n) is 5.21. The highest BCUT2D eigenvalue weighted by atomic mass is 16.5. The number of hydrogen-bond donors (Lipinski definition) is 0. The van der Waals surface area contributed by atoms with E-state index in [0.717, 1.165) is 32.1 Å². The van der Waals surface area contributed by atoms with Crippen LogP contribution in [0.3, 0.4) is 0 Å². The summed E-state index contributed by atoms with van der Waals surface area (Å²) in [5.74, 6) is -0.0104. The van der Waals surface area contributed by atoms with Crippen LogP contribution in [-0.4, -0.2) is 12.6 Å². The van der Waals surface area contributed by atoms with Crippen molar-refractivity contribution in [1.29, 1.82) is 0 Å². The minimum absolute atomic E-state index is 0.0104. The standard InChI is InChI=1S/C26H48O2/c1-3-5-7-9-11-12-13-14-15-16-17-18-19-20-22-24-26(27)28-25-23-21-10-8-6-4-2/h4,14-15H,2-3,5-13,16-25H2,1H3/b15-14-. The van der Waals surface area contributed by atoms with Crippen molar-refractivity contribution in [2.75, 3.05) is 6.61 Å². The summed E-state index contributed by atoms with van der Waals surface area (Å²) < 4.78 is 5.30. The van der Waals surface area contributed by atoms with Crippen molar-refractivity contribution in [1.82, 2.24) is 0 Å². The molecule has 0 aromatic carbocycles. The van der Waals surface area contributed by atoms with Gasteiger partial charge in [0.1, 0.15) is 0 Å². The predicted molar refractivity (Wildman–Crippen MR) is 124 cm³/mol. The topological polar surface area (TPSA) is 26.3 Å². The van der Waals surface area contributed by atoms with Crippen molar-refractivity contribution >= 4 is 5.97 Å². The van der Waals surface area contributed by atoms with Crippen molar-refractivity contribution in [3.8, 4) is 0 Å². The molecule has 0 saturated carbocycles. The highest BCUT2D eigenvalue weighted by Gasteiger charge is 2.02. The van der Waals surface area contributed by atoms with E-state index in [2.05, 4.69) is 25.7 Å². The van der Waals surface area contributed by atoms with Crippen LogP contribution in [0.15, 0.2) is 24.8 Å². The van der Waals surface area contributed by atoms with Crippen molar-refractivity contribution < 1.29 is 9.53 Å². The van der Waals surface area contributed by atoms with Crippen LogP contribution in [0, 0.1) is 0 Å². The minimum atomic E-state index is -0.0104. The first-order valence-electron chi connectivity index (χ1n) is 12.2. The molecule has 2 nitrogen and oxygen atoms in total. The van der Waals surface area contributed by atoms with Gasteiger partial charge in [0.05, 0.1) is 6.61 Å². The Morgan fingerprint density at radius 3 is 1.79 bits per heavy atom. The lowest BCUT2D eigenvalue weighted by Gasteiger charge is -2.05. The second-order valence-corrected chi connectivity index (χ2v) is 8.05. The van der Waals surface area contributed by atoms with Crippen molar-refractivity contribution in [3.05, 3.63) is 24.8 Å². The molecule has 0 aromatic heterocycles. The molecule has 0 heterocycles. The summed E-state index contributed by atoms with van der Waals surface area (Å²) >= 11 is 0. The number of hydrogen-bond acceptors (Lipinski definition) is 2. The number of carbonyl (C=O) groups is 1. The number of carbonyl (C=O) groups excluding carboxylic acids is 1. The zero-order valence-corrected chi connectivity index (χ0v) is 18.9. The molecule has 0 spiro atoms. The smallest absolute Gasteiger partial charge is 0.305 e. The van der Waals surface area contributed by atoms with Gasteiger partial charge in [0, 0.05) is 6.42 Å². The third kappa shape index (κ3) is 23.0. The lowest BCUT2D eigenvalue weighted by molar-refractivity contribution is -0.143. The molecule has 0 N–H and O–H groups in total. The van der Waals surface area contributed by atoms with Gasteiger partial charge in [-0.3, -0.25) is 4.79 Å². The van der Waals surface area contributed by atoms with E-state index in [1.54, 1.807) is 0 Å². The number of rotatable bonds is 22. The molecule has 28 heavy (non-hydrogen) atoms. The van der Waals surface area contributed by atoms with Gasteiger partial charge in [-0.05, 0) is 51.4 Å². The van der Waals surface area contributed by atoms with Crippen LogP contribution in [0.4, 0.5) is 0 Å². The van der Waals surface area contributed by atoms with E-state index >= 15 is 0 Å². The highest BCUT2D eigenvalue weighted by molar-refractivity contribution is 5.69. The summed E-state index contributed by atoms with van der Waals surface area (Å²) in [6, 6.07) is 0. The summed E-state index contributed by atoms with van der Waals surface area (Å²) in [5.41, 5.74) is 0. The molecular weight excluding hydrogens is 344 g/mol. The molecule has 0 saturated heterocycles. The van der Waals surface area contributed by atoms with Crippen LogP contribution >= 0.6 is 0 Å². The normalized spacial score (nSPS) is 11.2. The molecule has 164 valence electrons. The maximum atomic E-state index is 11.7. The van der Waals surface area contributed by atoms with E-state index in [1.807, 2.05) is 6.08 Å². The maximum Gasteiger partial charge on any atom is 0.305 e. The Bertz CT molecular complexity index is 359. The Kier molecular flexibility index (Phi) is 23.1. The second kappa shape index (κ2) is 24.0. The fourth-order valence-corrected chi connectivity index (χ4v) is 3.34. The molecule has 0 rings (SSSR count). The molecule has 0 amide bonds. The fraction of sp³-hybridized carbons (Fsp3) is 0.808. The first-order valence-corrected chi connectivity index (χ1v) is 12.2. The lowest BCUT2D eigenvalue weighted by Crippen LogP contribution is -2.05. The van der Waals surface area contributed by atoms with Gasteiger partial charge in [-0.2, -0.15) is 0 Å². The van der Waals surface area contributed by atoms with Crippen molar-refractivity contribution in [3.63, 3.8) is 0 Å². The average Bonchev–Trinajstić information content (AvgIpc) is 2.70. The van der Waals surface area contributed by atoms with Gasteiger partial charge in [-0.1, -0.05) is 89.4 Å². The van der Waals surface area contributed by atoms with E-state index in [1.165, 1.54) is 83.5 Å². The minimum Gasteiger partial charge on any atom is -0.466 e. The molecule has 0 bridgehead atoms. The van der Waals surface area contributed by atoms with E-state index in [0.29, 0.717) is 13.0 Å². The van der Waals surface area contributed by atoms with Gasteiger partial charge in [-0.25, -0.2) is 0 Å². The highest BCUT2D eigenvalue weighted by Crippen LogP contribution is 2.10. The van der Waals surface area contributed by atoms with Gasteiger partial charge in [-0.15, -0.1) is 6.58 Å². The summed E-state index contributed by atoms with van der Waals surface area (Å²) in [6.07, 6.45) is 29.6. The van der Waals surface area contributed by atoms with Gasteiger partial charge < -0.3 is 4.74 Å². The maximum absolute atomic E-state index is 11.7. The number of esters is 1. The van der Waals surface area contributed by atoms with E-state index in [9.17, 15) is 4.79 Å². The second-order valence-electron chi connectivity index (χ2n) is 8.05. The zero-order chi connectivity index (χ0) is 20.5. The Labute approximate surface area is 176 Å². The van der Waals surface area contributed by atoms with Crippen LogP contribution in [0.2, 0.25) is 0 Å². The van der Waals surface area contributed by atoms with Crippen LogP contribution in [0.25, 0.3) is 0 Å². The summed E-state index contributed by atoms with van der Waals surface area (Å²) in [6.45, 7) is 6.59. The summed E-state index contributed by atoms with van der Waals surface area (Å²) in [5, 5.41) is 0. The van der Waals surface area contributed by atoms with E-state index < -0.39 is 0 Å². The average molecular weight is 393 g/mol. The Hall–Kier alpha value is -1.05. The van der Waals surface area contributed by atoms with E-state index in [-0.39, 0.29) is 5.97 Å². The Balaban J connectivity index is 3.20. The van der Waals surface area contributed by atoms with Gasteiger partial charge in [0.25, 0.3) is 0 Å². The number of allylic oxidation sites excluding steroid dienone is 3. The fourth-order valence-electron chi connectivity index (χ4n) is 3.34. The summed E-state index contributed by atoms with van der Waals surface area (Å²) in [4.78, 5) is 11.7. The van der Waals surface area contributed by atoms with Crippen molar-refractivity contribution in [2.45, 2.75) is 129 Å². The number of unbranched alkanes of at least 4 members (excludes halogenated alkanes) is 15. The van der Waals surface area contributed by atoms with E-state index in [4.69, 9.17) is 4.74 Å². The largest absolute Gasteiger partial charge is 0.466 e. The molecule has 0 aromatic rings. The quantitative estimate of drug-likeness (QED) is 0.105. The first kappa shape index (κ1) is 27.0. The molecule has 0 radical (unpaired) electrons. The summed E-state index contributed by atoms with van der Waals surface area (Å²) in [7, 11) is 0. The first-order chi connectivity index (χ1) is 13.8. The molecule has 0 aliphatic rings. The SMILES string of the molecule is C=CCCCCCCOC(=O)CCCCCCC/C=C\CCCCCCCC. The molecule has 2 heteroatoms. The van der Waals surface area contributed by atoms with Crippen LogP contribution < -0.4 is 0 Å². The van der Waals surface area contributed by atoms with Gasteiger partial charge in [0.2, 0.25) is 0 Å². The van der Waals surface area contributed by atoms with Gasteiger partial charge >= 0.3 is 5.97 Å². The van der Waals surface area contributed by atoms with Crippen LogP contribution in [0.5, 0.6) is 0 Å². The van der Waals surface area contributed by atoms with Crippen LogP contribution in [0.1, 0.15) is 129 Å². The zero-order valence-electron chi connectivity index (χ0n) is 18.9. The predicted octanol–water partition coefficient (Wildman–Crippen LogP) is 8.70. The molecule has 0 fully saturated rings. The number of ether oxygens (including phenoxy) is 1. The molecule has 0 aliphatic heterocycles. The van der Waals surface area contributed by atoms with Gasteiger partial charge in [0.15, 0.2) is 0 Å². The van der Waals surface area contributed by atoms with Crippen molar-refractivity contribution in [2.24, 2.45) is 0 Å². The molecular formula is C26H48O2. The third-order valence-corrected chi connectivity index (χ3v) is 5.21. The molecule has 0 unspecified atom stereocenters. The lowest BCUT2D eigenvalue weighted by atomic mass is 10.1. The Morgan fingerprint density at radius 1 is 0.679 bits per heavy atom. The Morgan fingerprint density at radius 2 is 1.18 bits per heavy atom. The monoisotopic (exact) mass is 392 g/mol. The molecule has 0 aliphatic carbocycles. The van der Waals surface area contributed by atoms with Crippen LogP contribution in [-0.2, 0) is 9.53 Å².